The van der Waals surface area contributed by atoms with Crippen LogP contribution in [0.5, 0.6) is 11.5 Å². The van der Waals surface area contributed by atoms with Gasteiger partial charge in [-0.3, -0.25) is 9.97 Å². The normalized spacial score (nSPS) is 16.1. The molecular formula is C29H25N5O5. The molecule has 1 aromatic heterocycles. The van der Waals surface area contributed by atoms with Gasteiger partial charge in [0.25, 0.3) is 0 Å². The lowest BCUT2D eigenvalue weighted by atomic mass is 9.92. The first kappa shape index (κ1) is 24.2. The number of aryl methyl sites for hydroxylation is 1. The van der Waals surface area contributed by atoms with Crippen LogP contribution < -0.4 is 25.8 Å². The van der Waals surface area contributed by atoms with E-state index in [1.54, 1.807) is 30.6 Å². The van der Waals surface area contributed by atoms with Crippen molar-refractivity contribution in [2.75, 3.05) is 12.5 Å². The number of nitrogens with zero attached hydrogens (tertiary/aromatic N) is 2. The van der Waals surface area contributed by atoms with Crippen LogP contribution in [-0.4, -0.2) is 28.8 Å². The summed E-state index contributed by atoms with van der Waals surface area (Å²) in [6, 6.07) is 17.2. The standard InChI is InChI=1S/C29H25N5O5/c30-20-3-1-2-18(12-20)15-37-28(35)26-22(7-4-17-5-9-24-25(13-17)39-16-38-24)33-29(36)34-27(26)19-6-8-21-23(14-19)32-11-10-31-21/h1-3,5-6,8-14,27H,4,7,15-16,30H2,(H2,33,34,36). The molecule has 0 aliphatic carbocycles. The van der Waals surface area contributed by atoms with Crippen molar-refractivity contribution in [3.63, 3.8) is 0 Å². The van der Waals surface area contributed by atoms with Crippen molar-refractivity contribution >= 4 is 28.7 Å². The molecule has 4 N–H and O–H groups in total. The van der Waals surface area contributed by atoms with Crippen molar-refractivity contribution in [3.8, 4) is 11.5 Å². The molecule has 39 heavy (non-hydrogen) atoms. The molecule has 2 aliphatic rings. The minimum absolute atomic E-state index is 0.0344. The summed E-state index contributed by atoms with van der Waals surface area (Å²) in [4.78, 5) is 35.1. The van der Waals surface area contributed by atoms with E-state index in [4.69, 9.17) is 19.9 Å². The number of benzene rings is 3. The molecule has 3 heterocycles. The van der Waals surface area contributed by atoms with Gasteiger partial charge in [0.1, 0.15) is 6.61 Å². The molecule has 0 fully saturated rings. The summed E-state index contributed by atoms with van der Waals surface area (Å²) in [5.74, 6) is 0.820. The van der Waals surface area contributed by atoms with Crippen molar-refractivity contribution < 1.29 is 23.8 Å². The van der Waals surface area contributed by atoms with Crippen molar-refractivity contribution in [2.45, 2.75) is 25.5 Å². The van der Waals surface area contributed by atoms with Gasteiger partial charge >= 0.3 is 12.0 Å². The second kappa shape index (κ2) is 10.3. The summed E-state index contributed by atoms with van der Waals surface area (Å²) < 4.78 is 16.6. The summed E-state index contributed by atoms with van der Waals surface area (Å²) in [5.41, 5.74) is 11.1. The quantitative estimate of drug-likeness (QED) is 0.245. The van der Waals surface area contributed by atoms with Crippen LogP contribution in [0, 0.1) is 0 Å². The largest absolute Gasteiger partial charge is 0.457 e. The molecule has 0 radical (unpaired) electrons. The molecule has 10 heteroatoms. The van der Waals surface area contributed by atoms with Gasteiger partial charge in [-0.05, 0) is 65.9 Å². The van der Waals surface area contributed by atoms with E-state index >= 15 is 0 Å². The predicted octanol–water partition coefficient (Wildman–Crippen LogP) is 3.92. The van der Waals surface area contributed by atoms with E-state index in [9.17, 15) is 9.59 Å². The minimum Gasteiger partial charge on any atom is -0.457 e. The van der Waals surface area contributed by atoms with Crippen LogP contribution >= 0.6 is 0 Å². The Hall–Kier alpha value is -5.12. The fourth-order valence-corrected chi connectivity index (χ4v) is 4.74. The first-order valence-corrected chi connectivity index (χ1v) is 12.4. The molecule has 0 bridgehead atoms. The average Bonchev–Trinajstić information content (AvgIpc) is 3.42. The number of nitrogens with two attached hydrogens (primary N) is 1. The van der Waals surface area contributed by atoms with E-state index in [1.807, 2.05) is 42.5 Å². The third-order valence-corrected chi connectivity index (χ3v) is 6.62. The van der Waals surface area contributed by atoms with Crippen LogP contribution in [-0.2, 0) is 22.6 Å². The van der Waals surface area contributed by atoms with Gasteiger partial charge in [0.05, 0.1) is 22.6 Å². The van der Waals surface area contributed by atoms with E-state index in [1.165, 1.54) is 0 Å². The molecule has 1 unspecified atom stereocenters. The monoisotopic (exact) mass is 523 g/mol. The molecule has 0 saturated carbocycles. The van der Waals surface area contributed by atoms with Gasteiger partial charge < -0.3 is 30.6 Å². The number of allylic oxidation sites excluding steroid dienone is 1. The Morgan fingerprint density at radius 1 is 0.949 bits per heavy atom. The molecule has 6 rings (SSSR count). The molecule has 0 saturated heterocycles. The van der Waals surface area contributed by atoms with Crippen LogP contribution in [0.1, 0.15) is 29.2 Å². The molecule has 3 aromatic carbocycles. The lowest BCUT2D eigenvalue weighted by molar-refractivity contribution is -0.140. The van der Waals surface area contributed by atoms with E-state index in [0.717, 1.165) is 11.1 Å². The maximum absolute atomic E-state index is 13.6. The fourth-order valence-electron chi connectivity index (χ4n) is 4.74. The number of rotatable bonds is 7. The van der Waals surface area contributed by atoms with E-state index in [0.29, 0.717) is 57.9 Å². The lowest BCUT2D eigenvalue weighted by Crippen LogP contribution is -2.46. The van der Waals surface area contributed by atoms with Gasteiger partial charge in [-0.25, -0.2) is 9.59 Å². The predicted molar refractivity (Wildman–Crippen MR) is 143 cm³/mol. The average molecular weight is 524 g/mol. The smallest absolute Gasteiger partial charge is 0.338 e. The van der Waals surface area contributed by atoms with Crippen molar-refractivity contribution in [1.29, 1.82) is 0 Å². The van der Waals surface area contributed by atoms with Gasteiger partial charge in [0.2, 0.25) is 6.79 Å². The Morgan fingerprint density at radius 2 is 1.79 bits per heavy atom. The first-order chi connectivity index (χ1) is 19.0. The molecular weight excluding hydrogens is 498 g/mol. The summed E-state index contributed by atoms with van der Waals surface area (Å²) >= 11 is 0. The van der Waals surface area contributed by atoms with Crippen LogP contribution in [0.4, 0.5) is 10.5 Å². The summed E-state index contributed by atoms with van der Waals surface area (Å²) in [6.07, 6.45) is 4.15. The zero-order valence-electron chi connectivity index (χ0n) is 20.8. The minimum atomic E-state index is -0.745. The molecule has 196 valence electrons. The first-order valence-electron chi connectivity index (χ1n) is 12.4. The van der Waals surface area contributed by atoms with Gasteiger partial charge in [-0.15, -0.1) is 0 Å². The van der Waals surface area contributed by atoms with Crippen molar-refractivity contribution in [3.05, 3.63) is 101 Å². The number of hydrogen-bond acceptors (Lipinski definition) is 8. The summed E-state index contributed by atoms with van der Waals surface area (Å²) in [5, 5.41) is 5.72. The van der Waals surface area contributed by atoms with Gasteiger partial charge in [-0.2, -0.15) is 0 Å². The maximum Gasteiger partial charge on any atom is 0.338 e. The number of carbonyl (C=O) groups is 2. The third kappa shape index (κ3) is 5.17. The number of anilines is 1. The number of carbonyl (C=O) groups excluding carboxylic acids is 2. The zero-order chi connectivity index (χ0) is 26.8. The highest BCUT2D eigenvalue weighted by Crippen LogP contribution is 2.34. The molecule has 2 amide bonds. The molecule has 10 nitrogen and oxygen atoms in total. The third-order valence-electron chi connectivity index (χ3n) is 6.62. The highest BCUT2D eigenvalue weighted by molar-refractivity contribution is 5.95. The number of aromatic nitrogens is 2. The number of amides is 2. The van der Waals surface area contributed by atoms with E-state index < -0.39 is 18.0 Å². The Kier molecular flexibility index (Phi) is 6.42. The van der Waals surface area contributed by atoms with Crippen LogP contribution in [0.15, 0.2) is 84.3 Å². The van der Waals surface area contributed by atoms with Crippen LogP contribution in [0.25, 0.3) is 11.0 Å². The number of ether oxygens (including phenoxy) is 3. The number of urea groups is 1. The number of nitrogen functional groups attached to an aromatic ring is 1. The highest BCUT2D eigenvalue weighted by atomic mass is 16.7. The van der Waals surface area contributed by atoms with E-state index in [-0.39, 0.29) is 13.4 Å². The van der Waals surface area contributed by atoms with Crippen molar-refractivity contribution in [2.24, 2.45) is 0 Å². The number of esters is 1. The summed E-state index contributed by atoms with van der Waals surface area (Å²) in [6.45, 7) is 0.221. The van der Waals surface area contributed by atoms with Crippen LogP contribution in [0.2, 0.25) is 0 Å². The number of hydrogen-bond donors (Lipinski definition) is 3. The number of fused-ring (bicyclic) bond motifs is 2. The Bertz CT molecular complexity index is 1620. The molecule has 1 atom stereocenters. The van der Waals surface area contributed by atoms with Gasteiger partial charge in [0, 0.05) is 23.8 Å². The maximum atomic E-state index is 13.6. The molecule has 4 aromatic rings. The summed E-state index contributed by atoms with van der Waals surface area (Å²) in [7, 11) is 0. The lowest BCUT2D eigenvalue weighted by Gasteiger charge is -2.29. The topological polar surface area (TPSA) is 138 Å². The Morgan fingerprint density at radius 3 is 2.67 bits per heavy atom. The molecule has 0 spiro atoms. The van der Waals surface area contributed by atoms with Gasteiger partial charge in [-0.1, -0.05) is 24.3 Å². The highest BCUT2D eigenvalue weighted by Gasteiger charge is 2.34. The second-order valence-electron chi connectivity index (χ2n) is 9.24. The van der Waals surface area contributed by atoms with Crippen LogP contribution in [0.3, 0.4) is 0 Å². The second-order valence-corrected chi connectivity index (χ2v) is 9.24. The van der Waals surface area contributed by atoms with Crippen molar-refractivity contribution in [1.82, 2.24) is 20.6 Å². The SMILES string of the molecule is Nc1cccc(COC(=O)C2=C(CCc3ccc4c(c3)OCO4)NC(=O)NC2c2ccc3nccnc3c2)c1. The molecule has 2 aliphatic heterocycles. The Labute approximate surface area is 223 Å². The Balaban J connectivity index is 1.33. The fraction of sp³-hybridized carbons (Fsp3) is 0.172. The number of nitrogens with one attached hydrogen (secondary N) is 2. The zero-order valence-corrected chi connectivity index (χ0v) is 20.8. The van der Waals surface area contributed by atoms with Gasteiger partial charge in [0.15, 0.2) is 11.5 Å². The van der Waals surface area contributed by atoms with E-state index in [2.05, 4.69) is 20.6 Å².